The van der Waals surface area contributed by atoms with E-state index in [1.54, 1.807) is 25.1 Å². The SMILES string of the molecule is CCOC(=O)CN1C(=O)COc2ccc(OC)cc21. The second-order valence-corrected chi connectivity index (χ2v) is 3.91. The number of carbonyl (C=O) groups is 2. The normalized spacial score (nSPS) is 13.6. The van der Waals surface area contributed by atoms with Crippen molar-refractivity contribution in [2.75, 3.05) is 31.8 Å². The van der Waals surface area contributed by atoms with Crippen molar-refractivity contribution in [3.05, 3.63) is 18.2 Å². The Labute approximate surface area is 110 Å². The molecule has 1 aromatic rings. The van der Waals surface area contributed by atoms with E-state index < -0.39 is 5.97 Å². The Bertz CT molecular complexity index is 500. The minimum absolute atomic E-state index is 0.0846. The highest BCUT2D eigenvalue weighted by atomic mass is 16.5. The summed E-state index contributed by atoms with van der Waals surface area (Å²) in [5.41, 5.74) is 0.517. The minimum atomic E-state index is -0.452. The molecule has 6 nitrogen and oxygen atoms in total. The summed E-state index contributed by atoms with van der Waals surface area (Å²) >= 11 is 0. The lowest BCUT2D eigenvalue weighted by molar-refractivity contribution is -0.142. The number of esters is 1. The summed E-state index contributed by atoms with van der Waals surface area (Å²) < 4.78 is 15.3. The van der Waals surface area contributed by atoms with Gasteiger partial charge >= 0.3 is 5.97 Å². The van der Waals surface area contributed by atoms with Crippen molar-refractivity contribution in [2.24, 2.45) is 0 Å². The molecule has 0 atom stereocenters. The first kappa shape index (κ1) is 13.2. The standard InChI is InChI=1S/C13H15NO5/c1-3-18-13(16)7-14-10-6-9(17-2)4-5-11(10)19-8-12(14)15/h4-6H,3,7-8H2,1-2H3. The van der Waals surface area contributed by atoms with Crippen molar-refractivity contribution >= 4 is 17.6 Å². The number of hydrogen-bond acceptors (Lipinski definition) is 5. The van der Waals surface area contributed by atoms with Gasteiger partial charge < -0.3 is 14.2 Å². The van der Waals surface area contributed by atoms with Crippen LogP contribution in [0.15, 0.2) is 18.2 Å². The smallest absolute Gasteiger partial charge is 0.326 e. The number of rotatable bonds is 4. The third-order valence-corrected chi connectivity index (χ3v) is 2.70. The number of benzene rings is 1. The van der Waals surface area contributed by atoms with Gasteiger partial charge in [-0.3, -0.25) is 14.5 Å². The third-order valence-electron chi connectivity index (χ3n) is 2.70. The van der Waals surface area contributed by atoms with Crippen molar-refractivity contribution in [2.45, 2.75) is 6.92 Å². The van der Waals surface area contributed by atoms with Gasteiger partial charge in [0.15, 0.2) is 6.61 Å². The maximum absolute atomic E-state index is 11.8. The van der Waals surface area contributed by atoms with Crippen LogP contribution in [0.25, 0.3) is 0 Å². The molecule has 1 aliphatic heterocycles. The molecule has 102 valence electrons. The summed E-state index contributed by atoms with van der Waals surface area (Å²) in [6, 6.07) is 5.10. The van der Waals surface area contributed by atoms with E-state index in [1.807, 2.05) is 0 Å². The molecule has 0 spiro atoms. The number of nitrogens with zero attached hydrogens (tertiary/aromatic N) is 1. The van der Waals surface area contributed by atoms with E-state index in [0.29, 0.717) is 17.2 Å². The van der Waals surface area contributed by atoms with Gasteiger partial charge in [-0.15, -0.1) is 0 Å². The second-order valence-electron chi connectivity index (χ2n) is 3.91. The molecule has 0 saturated carbocycles. The number of anilines is 1. The minimum Gasteiger partial charge on any atom is -0.497 e. The van der Waals surface area contributed by atoms with E-state index >= 15 is 0 Å². The summed E-state index contributed by atoms with van der Waals surface area (Å²) in [5, 5.41) is 0. The van der Waals surface area contributed by atoms with Gasteiger partial charge in [-0.25, -0.2) is 0 Å². The number of hydrogen-bond donors (Lipinski definition) is 0. The van der Waals surface area contributed by atoms with Gasteiger partial charge in [-0.2, -0.15) is 0 Å². The highest BCUT2D eigenvalue weighted by molar-refractivity contribution is 6.01. The molecular weight excluding hydrogens is 250 g/mol. The molecule has 0 unspecified atom stereocenters. The highest BCUT2D eigenvalue weighted by Gasteiger charge is 2.28. The predicted molar refractivity (Wildman–Crippen MR) is 67.5 cm³/mol. The fourth-order valence-electron chi connectivity index (χ4n) is 1.82. The van der Waals surface area contributed by atoms with Crippen LogP contribution in [0, 0.1) is 0 Å². The van der Waals surface area contributed by atoms with Crippen LogP contribution >= 0.6 is 0 Å². The van der Waals surface area contributed by atoms with E-state index in [2.05, 4.69) is 0 Å². The Balaban J connectivity index is 2.28. The Kier molecular flexibility index (Phi) is 3.89. The summed E-state index contributed by atoms with van der Waals surface area (Å²) in [7, 11) is 1.53. The quantitative estimate of drug-likeness (QED) is 0.759. The Hall–Kier alpha value is -2.24. The molecule has 1 aromatic carbocycles. The zero-order valence-electron chi connectivity index (χ0n) is 10.8. The van der Waals surface area contributed by atoms with Gasteiger partial charge in [0.25, 0.3) is 5.91 Å². The van der Waals surface area contributed by atoms with Crippen LogP contribution in [0.4, 0.5) is 5.69 Å². The lowest BCUT2D eigenvalue weighted by Crippen LogP contribution is -2.42. The molecule has 0 fully saturated rings. The molecule has 0 saturated heterocycles. The Morgan fingerprint density at radius 2 is 2.26 bits per heavy atom. The van der Waals surface area contributed by atoms with E-state index in [-0.39, 0.29) is 25.7 Å². The first-order chi connectivity index (χ1) is 9.15. The van der Waals surface area contributed by atoms with Crippen LogP contribution in [0.3, 0.4) is 0 Å². The fourth-order valence-corrected chi connectivity index (χ4v) is 1.82. The molecule has 1 aliphatic rings. The summed E-state index contributed by atoms with van der Waals surface area (Å²) in [6.07, 6.45) is 0. The predicted octanol–water partition coefficient (Wildman–Crippen LogP) is 0.984. The maximum Gasteiger partial charge on any atom is 0.326 e. The average molecular weight is 265 g/mol. The molecule has 0 bridgehead atoms. The van der Waals surface area contributed by atoms with Gasteiger partial charge in [0, 0.05) is 6.07 Å². The molecule has 0 N–H and O–H groups in total. The molecule has 1 amide bonds. The Morgan fingerprint density at radius 1 is 1.47 bits per heavy atom. The zero-order chi connectivity index (χ0) is 13.8. The highest BCUT2D eigenvalue weighted by Crippen LogP contribution is 2.35. The molecule has 6 heteroatoms. The van der Waals surface area contributed by atoms with E-state index in [1.165, 1.54) is 12.0 Å². The Morgan fingerprint density at radius 3 is 2.95 bits per heavy atom. The lowest BCUT2D eigenvalue weighted by atomic mass is 10.2. The van der Waals surface area contributed by atoms with E-state index in [9.17, 15) is 9.59 Å². The molecule has 0 aliphatic carbocycles. The number of fused-ring (bicyclic) bond motifs is 1. The van der Waals surface area contributed by atoms with Crippen LogP contribution in [-0.2, 0) is 14.3 Å². The van der Waals surface area contributed by atoms with Crippen LogP contribution in [0.5, 0.6) is 11.5 Å². The molecule has 0 radical (unpaired) electrons. The van der Waals surface area contributed by atoms with Crippen LogP contribution in [0.1, 0.15) is 6.92 Å². The lowest BCUT2D eigenvalue weighted by Gasteiger charge is -2.28. The molecule has 0 aromatic heterocycles. The number of amides is 1. The van der Waals surface area contributed by atoms with Crippen molar-refractivity contribution < 1.29 is 23.8 Å². The number of methoxy groups -OCH3 is 1. The number of ether oxygens (including phenoxy) is 3. The van der Waals surface area contributed by atoms with Crippen molar-refractivity contribution in [3.8, 4) is 11.5 Å². The zero-order valence-corrected chi connectivity index (χ0v) is 10.8. The van der Waals surface area contributed by atoms with E-state index in [0.717, 1.165) is 0 Å². The van der Waals surface area contributed by atoms with E-state index in [4.69, 9.17) is 14.2 Å². The van der Waals surface area contributed by atoms with Gasteiger partial charge in [-0.05, 0) is 19.1 Å². The maximum atomic E-state index is 11.8. The van der Waals surface area contributed by atoms with Gasteiger partial charge in [-0.1, -0.05) is 0 Å². The third kappa shape index (κ3) is 2.78. The van der Waals surface area contributed by atoms with Crippen LogP contribution in [-0.4, -0.2) is 38.7 Å². The van der Waals surface area contributed by atoms with Crippen LogP contribution < -0.4 is 14.4 Å². The summed E-state index contributed by atoms with van der Waals surface area (Å²) in [5.74, 6) is 0.399. The largest absolute Gasteiger partial charge is 0.497 e. The second kappa shape index (κ2) is 5.60. The van der Waals surface area contributed by atoms with Crippen molar-refractivity contribution in [3.63, 3.8) is 0 Å². The molecular formula is C13H15NO5. The van der Waals surface area contributed by atoms with Crippen LogP contribution in [0.2, 0.25) is 0 Å². The van der Waals surface area contributed by atoms with Crippen molar-refractivity contribution in [1.29, 1.82) is 0 Å². The van der Waals surface area contributed by atoms with Crippen molar-refractivity contribution in [1.82, 2.24) is 0 Å². The monoisotopic (exact) mass is 265 g/mol. The van der Waals surface area contributed by atoms with Gasteiger partial charge in [0.2, 0.25) is 0 Å². The molecule has 19 heavy (non-hydrogen) atoms. The van der Waals surface area contributed by atoms with Gasteiger partial charge in [0.1, 0.15) is 18.0 Å². The topological polar surface area (TPSA) is 65.1 Å². The number of carbonyl (C=O) groups excluding carboxylic acids is 2. The molecule has 2 rings (SSSR count). The average Bonchev–Trinajstić information content (AvgIpc) is 2.42. The first-order valence-corrected chi connectivity index (χ1v) is 5.92. The molecule has 1 heterocycles. The first-order valence-electron chi connectivity index (χ1n) is 5.92. The van der Waals surface area contributed by atoms with Gasteiger partial charge in [0.05, 0.1) is 19.4 Å². The summed E-state index contributed by atoms with van der Waals surface area (Å²) in [4.78, 5) is 24.7. The fraction of sp³-hybridized carbons (Fsp3) is 0.385. The summed E-state index contributed by atoms with van der Waals surface area (Å²) in [6.45, 7) is 1.78.